The predicted molar refractivity (Wildman–Crippen MR) is 87.2 cm³/mol. The maximum Gasteiger partial charge on any atom is 0.0762 e. The van der Waals surface area contributed by atoms with Gasteiger partial charge in [0.1, 0.15) is 0 Å². The van der Waals surface area contributed by atoms with E-state index in [0.29, 0.717) is 0 Å². The molecule has 0 saturated heterocycles. The number of aryl methyl sites for hydroxylation is 2. The molecule has 108 valence electrons. The Labute approximate surface area is 133 Å². The average molecular weight is 357 g/mol. The van der Waals surface area contributed by atoms with Crippen molar-refractivity contribution in [2.45, 2.75) is 26.3 Å². The summed E-state index contributed by atoms with van der Waals surface area (Å²) in [5.74, 6) is 0. The maximum atomic E-state index is 6.07. The van der Waals surface area contributed by atoms with Crippen molar-refractivity contribution in [3.63, 3.8) is 0 Å². The van der Waals surface area contributed by atoms with Gasteiger partial charge in [0, 0.05) is 12.1 Å². The van der Waals surface area contributed by atoms with Gasteiger partial charge >= 0.3 is 0 Å². The molecule has 0 radical (unpaired) electrons. The van der Waals surface area contributed by atoms with E-state index in [0.717, 1.165) is 28.2 Å². The van der Waals surface area contributed by atoms with Crippen molar-refractivity contribution < 1.29 is 0 Å². The summed E-state index contributed by atoms with van der Waals surface area (Å²) in [4.78, 5) is 0. The first-order valence-corrected chi connectivity index (χ1v) is 7.88. The van der Waals surface area contributed by atoms with Crippen LogP contribution in [0, 0.1) is 6.92 Å². The van der Waals surface area contributed by atoms with Gasteiger partial charge in [0.25, 0.3) is 0 Å². The lowest BCUT2D eigenvalue weighted by molar-refractivity contribution is 0.550. The fourth-order valence-electron chi connectivity index (χ4n) is 2.35. The van der Waals surface area contributed by atoms with Gasteiger partial charge in [0.05, 0.1) is 22.4 Å². The van der Waals surface area contributed by atoms with Crippen molar-refractivity contribution in [2.75, 3.05) is 6.54 Å². The summed E-state index contributed by atoms with van der Waals surface area (Å²) in [6, 6.07) is 6.13. The Hall–Kier alpha value is -0.840. The summed E-state index contributed by atoms with van der Waals surface area (Å²) in [5, 5.41) is 8.69. The van der Waals surface area contributed by atoms with E-state index in [1.54, 1.807) is 0 Å². The van der Waals surface area contributed by atoms with Gasteiger partial charge in [-0.25, -0.2) is 0 Å². The van der Waals surface area contributed by atoms with E-state index < -0.39 is 0 Å². The van der Waals surface area contributed by atoms with Crippen molar-refractivity contribution in [2.24, 2.45) is 7.05 Å². The molecular weight excluding hydrogens is 338 g/mol. The van der Waals surface area contributed by atoms with E-state index >= 15 is 0 Å². The van der Waals surface area contributed by atoms with Crippen molar-refractivity contribution in [1.82, 2.24) is 15.1 Å². The zero-order valence-corrected chi connectivity index (χ0v) is 14.3. The molecule has 0 fully saturated rings. The monoisotopic (exact) mass is 355 g/mol. The third kappa shape index (κ3) is 3.25. The molecule has 0 saturated carbocycles. The summed E-state index contributed by atoms with van der Waals surface area (Å²) in [5.41, 5.74) is 3.54. The SMILES string of the molecule is CCCNC(c1ccc(Cl)cc1C)c1c(Br)cnn1C. The van der Waals surface area contributed by atoms with Crippen LogP contribution >= 0.6 is 27.5 Å². The summed E-state index contributed by atoms with van der Waals surface area (Å²) >= 11 is 9.66. The van der Waals surface area contributed by atoms with Crippen LogP contribution in [0.2, 0.25) is 5.02 Å². The normalized spacial score (nSPS) is 12.7. The molecule has 2 rings (SSSR count). The van der Waals surface area contributed by atoms with E-state index in [-0.39, 0.29) is 6.04 Å². The number of nitrogens with zero attached hydrogens (tertiary/aromatic N) is 2. The maximum absolute atomic E-state index is 6.07. The number of benzene rings is 1. The Morgan fingerprint density at radius 3 is 2.75 bits per heavy atom. The molecule has 0 aliphatic carbocycles. The quantitative estimate of drug-likeness (QED) is 0.868. The highest BCUT2D eigenvalue weighted by atomic mass is 79.9. The van der Waals surface area contributed by atoms with Crippen LogP contribution in [-0.2, 0) is 7.05 Å². The number of rotatable bonds is 5. The minimum absolute atomic E-state index is 0.106. The molecule has 20 heavy (non-hydrogen) atoms. The number of aromatic nitrogens is 2. The van der Waals surface area contributed by atoms with Gasteiger partial charge in [-0.05, 0) is 59.1 Å². The fraction of sp³-hybridized carbons (Fsp3) is 0.400. The molecule has 1 heterocycles. The molecule has 1 unspecified atom stereocenters. The number of halogens is 2. The highest BCUT2D eigenvalue weighted by Crippen LogP contribution is 2.31. The predicted octanol–water partition coefficient (Wildman–Crippen LogP) is 4.23. The van der Waals surface area contributed by atoms with Gasteiger partial charge in [0.15, 0.2) is 0 Å². The molecule has 1 aromatic heterocycles. The van der Waals surface area contributed by atoms with Crippen LogP contribution in [0.4, 0.5) is 0 Å². The molecule has 0 aliphatic heterocycles. The third-order valence-electron chi connectivity index (χ3n) is 3.35. The minimum atomic E-state index is 0.106. The average Bonchev–Trinajstić information content (AvgIpc) is 2.72. The van der Waals surface area contributed by atoms with Gasteiger partial charge in [0.2, 0.25) is 0 Å². The Balaban J connectivity index is 2.47. The van der Waals surface area contributed by atoms with E-state index in [4.69, 9.17) is 11.6 Å². The number of hydrogen-bond donors (Lipinski definition) is 1. The molecule has 1 aromatic carbocycles. The molecule has 5 heteroatoms. The van der Waals surface area contributed by atoms with Gasteiger partial charge in [-0.15, -0.1) is 0 Å². The largest absolute Gasteiger partial charge is 0.305 e. The number of hydrogen-bond acceptors (Lipinski definition) is 2. The topological polar surface area (TPSA) is 29.9 Å². The molecule has 2 aromatic rings. The highest BCUT2D eigenvalue weighted by Gasteiger charge is 2.21. The van der Waals surface area contributed by atoms with Crippen LogP contribution in [0.5, 0.6) is 0 Å². The van der Waals surface area contributed by atoms with Crippen molar-refractivity contribution in [3.8, 4) is 0 Å². The van der Waals surface area contributed by atoms with Crippen molar-refractivity contribution in [3.05, 3.63) is 50.7 Å². The second kappa shape index (κ2) is 6.74. The van der Waals surface area contributed by atoms with Crippen LogP contribution in [0.1, 0.15) is 36.2 Å². The third-order valence-corrected chi connectivity index (χ3v) is 4.20. The zero-order chi connectivity index (χ0) is 14.7. The molecule has 0 spiro atoms. The van der Waals surface area contributed by atoms with E-state index in [1.807, 2.05) is 30.1 Å². The highest BCUT2D eigenvalue weighted by molar-refractivity contribution is 9.10. The fourth-order valence-corrected chi connectivity index (χ4v) is 3.15. The van der Waals surface area contributed by atoms with Gasteiger partial charge in [-0.1, -0.05) is 24.6 Å². The first-order valence-electron chi connectivity index (χ1n) is 6.71. The second-order valence-electron chi connectivity index (χ2n) is 4.89. The lowest BCUT2D eigenvalue weighted by atomic mass is 9.98. The van der Waals surface area contributed by atoms with Crippen LogP contribution in [0.15, 0.2) is 28.9 Å². The Bertz CT molecular complexity index is 575. The van der Waals surface area contributed by atoms with Gasteiger partial charge in [-0.3, -0.25) is 4.68 Å². The van der Waals surface area contributed by atoms with Crippen molar-refractivity contribution in [1.29, 1.82) is 0 Å². The van der Waals surface area contributed by atoms with Crippen LogP contribution in [-0.4, -0.2) is 16.3 Å². The molecule has 1 atom stereocenters. The molecule has 0 amide bonds. The van der Waals surface area contributed by atoms with Crippen LogP contribution in [0.3, 0.4) is 0 Å². The van der Waals surface area contributed by atoms with E-state index in [9.17, 15) is 0 Å². The lowest BCUT2D eigenvalue weighted by Gasteiger charge is -2.22. The lowest BCUT2D eigenvalue weighted by Crippen LogP contribution is -2.26. The summed E-state index contributed by atoms with van der Waals surface area (Å²) < 4.78 is 2.92. The first-order chi connectivity index (χ1) is 9.54. The molecule has 0 bridgehead atoms. The van der Waals surface area contributed by atoms with Gasteiger partial charge < -0.3 is 5.32 Å². The van der Waals surface area contributed by atoms with E-state index in [1.165, 1.54) is 11.1 Å². The number of nitrogens with one attached hydrogen (secondary N) is 1. The van der Waals surface area contributed by atoms with Crippen LogP contribution in [0.25, 0.3) is 0 Å². The summed E-state index contributed by atoms with van der Waals surface area (Å²) in [7, 11) is 1.96. The minimum Gasteiger partial charge on any atom is -0.305 e. The van der Waals surface area contributed by atoms with Crippen molar-refractivity contribution >= 4 is 27.5 Å². The molecule has 1 N–H and O–H groups in total. The summed E-state index contributed by atoms with van der Waals surface area (Å²) in [6.45, 7) is 5.20. The second-order valence-corrected chi connectivity index (χ2v) is 6.18. The molecule has 3 nitrogen and oxygen atoms in total. The Kier molecular flexibility index (Phi) is 5.24. The first kappa shape index (κ1) is 15.5. The van der Waals surface area contributed by atoms with Crippen LogP contribution < -0.4 is 5.32 Å². The van der Waals surface area contributed by atoms with Gasteiger partial charge in [-0.2, -0.15) is 5.10 Å². The zero-order valence-electron chi connectivity index (χ0n) is 12.0. The Morgan fingerprint density at radius 2 is 2.20 bits per heavy atom. The smallest absolute Gasteiger partial charge is 0.0762 e. The standard InChI is InChI=1S/C15H19BrClN3/c1-4-7-18-14(15-13(16)9-19-20(15)3)12-6-5-11(17)8-10(12)2/h5-6,8-9,14,18H,4,7H2,1-3H3. The van der Waals surface area contributed by atoms with E-state index in [2.05, 4.69) is 46.3 Å². The molecule has 0 aliphatic rings. The Morgan fingerprint density at radius 1 is 1.45 bits per heavy atom. The summed E-state index contributed by atoms with van der Waals surface area (Å²) in [6.07, 6.45) is 2.92. The molecular formula is C15H19BrClN3.